The second kappa shape index (κ2) is 8.11. The predicted octanol–water partition coefficient (Wildman–Crippen LogP) is 1.58. The second-order valence-electron chi connectivity index (χ2n) is 6.50. The molecule has 0 aromatic carbocycles. The smallest absolute Gasteiger partial charge is 0.337 e. The summed E-state index contributed by atoms with van der Waals surface area (Å²) in [5, 5.41) is 22.8. The predicted molar refractivity (Wildman–Crippen MR) is 99.1 cm³/mol. The molecule has 2 atom stereocenters. The Kier molecular flexibility index (Phi) is 5.85. The van der Waals surface area contributed by atoms with E-state index in [2.05, 4.69) is 10.3 Å². The van der Waals surface area contributed by atoms with E-state index in [4.69, 9.17) is 0 Å². The van der Waals surface area contributed by atoms with Crippen LogP contribution in [-0.4, -0.2) is 44.9 Å². The Labute approximate surface area is 155 Å². The number of aliphatic hydroxyl groups is 1. The van der Waals surface area contributed by atoms with E-state index < -0.39 is 5.97 Å². The number of carboxylic acid groups (broad SMARTS) is 1. The van der Waals surface area contributed by atoms with Crippen molar-refractivity contribution in [1.29, 1.82) is 0 Å². The molecule has 0 unspecified atom stereocenters. The van der Waals surface area contributed by atoms with Crippen molar-refractivity contribution >= 4 is 17.3 Å². The van der Waals surface area contributed by atoms with E-state index in [-0.39, 0.29) is 29.8 Å². The maximum atomic E-state index is 12.5. The molecule has 3 rings (SSSR count). The first-order chi connectivity index (χ1) is 12.5. The summed E-state index contributed by atoms with van der Waals surface area (Å²) in [6.45, 7) is 2.80. The minimum absolute atomic E-state index is 0.0121. The summed E-state index contributed by atoms with van der Waals surface area (Å²) in [7, 11) is 0. The Balaban J connectivity index is 2.09. The average molecular weight is 377 g/mol. The van der Waals surface area contributed by atoms with Crippen molar-refractivity contribution in [3.63, 3.8) is 0 Å². The molecular weight excluding hydrogens is 354 g/mol. The summed E-state index contributed by atoms with van der Waals surface area (Å²) < 4.78 is 1.49. The average Bonchev–Trinajstić information content (AvgIpc) is 2.98. The lowest BCUT2D eigenvalue weighted by atomic mass is 9.97. The number of carboxylic acids is 1. The summed E-state index contributed by atoms with van der Waals surface area (Å²) >= 11 is 1.49. The number of aryl methyl sites for hydroxylation is 1. The highest BCUT2D eigenvalue weighted by molar-refractivity contribution is 7.11. The van der Waals surface area contributed by atoms with E-state index in [9.17, 15) is 19.8 Å². The van der Waals surface area contributed by atoms with Gasteiger partial charge in [0, 0.05) is 36.2 Å². The Morgan fingerprint density at radius 1 is 1.46 bits per heavy atom. The molecule has 2 aromatic heterocycles. The van der Waals surface area contributed by atoms with Gasteiger partial charge in [-0.25, -0.2) is 9.78 Å². The number of nitrogens with zero attached hydrogens (tertiary/aromatic N) is 2. The number of piperidine rings is 1. The summed E-state index contributed by atoms with van der Waals surface area (Å²) in [6.07, 6.45) is 4.96. The molecule has 2 aromatic rings. The van der Waals surface area contributed by atoms with Crippen LogP contribution in [0, 0.1) is 6.92 Å². The molecule has 8 heteroatoms. The molecular formula is C18H23N3O4S. The second-order valence-corrected chi connectivity index (χ2v) is 7.62. The van der Waals surface area contributed by atoms with Crippen molar-refractivity contribution in [2.75, 3.05) is 13.2 Å². The third-order valence-electron chi connectivity index (χ3n) is 4.72. The first-order valence-corrected chi connectivity index (χ1v) is 9.59. The molecule has 0 amide bonds. The van der Waals surface area contributed by atoms with Gasteiger partial charge in [0.1, 0.15) is 11.0 Å². The third-order valence-corrected chi connectivity index (χ3v) is 6.00. The molecule has 3 heterocycles. The number of aliphatic hydroxyl groups excluding tert-OH is 1. The van der Waals surface area contributed by atoms with Crippen molar-refractivity contribution in [3.05, 3.63) is 49.8 Å². The van der Waals surface area contributed by atoms with Gasteiger partial charge < -0.3 is 20.1 Å². The Bertz CT molecular complexity index is 839. The third kappa shape index (κ3) is 3.87. The van der Waals surface area contributed by atoms with Gasteiger partial charge in [-0.15, -0.1) is 11.3 Å². The van der Waals surface area contributed by atoms with E-state index in [1.54, 1.807) is 0 Å². The van der Waals surface area contributed by atoms with E-state index in [1.807, 2.05) is 6.92 Å². The molecule has 0 radical (unpaired) electrons. The van der Waals surface area contributed by atoms with Crippen LogP contribution < -0.4 is 10.9 Å². The molecule has 3 N–H and O–H groups in total. The molecule has 0 spiro atoms. The highest BCUT2D eigenvalue weighted by Gasteiger charge is 2.30. The minimum atomic E-state index is -1.06. The number of hydrogen-bond donors (Lipinski definition) is 3. The van der Waals surface area contributed by atoms with Crippen LogP contribution in [-0.2, 0) is 6.42 Å². The van der Waals surface area contributed by atoms with Crippen LogP contribution in [0.5, 0.6) is 0 Å². The largest absolute Gasteiger partial charge is 0.478 e. The molecule has 140 valence electrons. The van der Waals surface area contributed by atoms with Gasteiger partial charge in [0.2, 0.25) is 0 Å². The normalized spacial score (nSPS) is 18.6. The molecule has 7 nitrogen and oxygen atoms in total. The lowest BCUT2D eigenvalue weighted by Gasteiger charge is -2.31. The molecule has 0 saturated carbocycles. The summed E-state index contributed by atoms with van der Waals surface area (Å²) in [4.78, 5) is 29.6. The zero-order valence-corrected chi connectivity index (χ0v) is 15.5. The zero-order valence-electron chi connectivity index (χ0n) is 14.6. The van der Waals surface area contributed by atoms with Crippen LogP contribution in [0.15, 0.2) is 23.1 Å². The topological polar surface area (TPSA) is 104 Å². The summed E-state index contributed by atoms with van der Waals surface area (Å²) in [5.41, 5.74) is 0.681. The van der Waals surface area contributed by atoms with E-state index in [0.717, 1.165) is 41.4 Å². The highest BCUT2D eigenvalue weighted by Crippen LogP contribution is 2.31. The zero-order chi connectivity index (χ0) is 18.7. The maximum Gasteiger partial charge on any atom is 0.337 e. The Morgan fingerprint density at radius 3 is 2.92 bits per heavy atom. The van der Waals surface area contributed by atoms with E-state index in [0.29, 0.717) is 6.42 Å². The van der Waals surface area contributed by atoms with Crippen molar-refractivity contribution in [2.24, 2.45) is 0 Å². The monoisotopic (exact) mass is 377 g/mol. The number of aromatic nitrogens is 2. The standard InChI is InChI=1S/C18H23N3O4S/c1-11-14(7-9-22)26-17(20-11)16(13-4-2-3-8-19-13)21-10-12(18(24)25)5-6-15(21)23/h5-6,10,13,16,19,22H,2-4,7-9H2,1H3,(H,24,25)/t13-,16+/m1/s1. The van der Waals surface area contributed by atoms with Crippen LogP contribution in [0.1, 0.15) is 51.2 Å². The molecule has 1 saturated heterocycles. The molecule has 1 aliphatic heterocycles. The first-order valence-electron chi connectivity index (χ1n) is 8.77. The van der Waals surface area contributed by atoms with Gasteiger partial charge in [0.25, 0.3) is 5.56 Å². The Hall–Kier alpha value is -2.03. The molecule has 1 aliphatic rings. The number of carbonyl (C=O) groups is 1. The lowest BCUT2D eigenvalue weighted by Crippen LogP contribution is -2.44. The maximum absolute atomic E-state index is 12.5. The SMILES string of the molecule is Cc1nc([C@H]([C@H]2CCCCN2)n2cc(C(=O)O)ccc2=O)sc1CCO. The number of aromatic carboxylic acids is 1. The van der Waals surface area contributed by atoms with Gasteiger partial charge in [-0.3, -0.25) is 4.79 Å². The van der Waals surface area contributed by atoms with Crippen LogP contribution in [0.3, 0.4) is 0 Å². The molecule has 0 aliphatic carbocycles. The van der Waals surface area contributed by atoms with Crippen molar-refractivity contribution in [2.45, 2.75) is 44.7 Å². The van der Waals surface area contributed by atoms with Gasteiger partial charge in [-0.2, -0.15) is 0 Å². The van der Waals surface area contributed by atoms with Crippen molar-refractivity contribution < 1.29 is 15.0 Å². The number of thiazole rings is 1. The number of rotatable bonds is 6. The fourth-order valence-electron chi connectivity index (χ4n) is 3.39. The van der Waals surface area contributed by atoms with Crippen LogP contribution in [0.4, 0.5) is 0 Å². The van der Waals surface area contributed by atoms with Crippen LogP contribution in [0.2, 0.25) is 0 Å². The number of pyridine rings is 1. The van der Waals surface area contributed by atoms with Gasteiger partial charge in [0.05, 0.1) is 11.3 Å². The van der Waals surface area contributed by atoms with Crippen molar-refractivity contribution in [3.8, 4) is 0 Å². The lowest BCUT2D eigenvalue weighted by molar-refractivity contribution is 0.0695. The van der Waals surface area contributed by atoms with Gasteiger partial charge in [0.15, 0.2) is 0 Å². The highest BCUT2D eigenvalue weighted by atomic mass is 32.1. The van der Waals surface area contributed by atoms with E-state index >= 15 is 0 Å². The van der Waals surface area contributed by atoms with Gasteiger partial charge in [-0.1, -0.05) is 6.42 Å². The summed E-state index contributed by atoms with van der Waals surface area (Å²) in [6, 6.07) is 2.28. The first kappa shape index (κ1) is 18.8. The van der Waals surface area contributed by atoms with Gasteiger partial charge >= 0.3 is 5.97 Å². The molecule has 26 heavy (non-hydrogen) atoms. The van der Waals surface area contributed by atoms with Crippen molar-refractivity contribution in [1.82, 2.24) is 14.9 Å². The van der Waals surface area contributed by atoms with Crippen LogP contribution in [0.25, 0.3) is 0 Å². The van der Waals surface area contributed by atoms with Gasteiger partial charge in [-0.05, 0) is 32.4 Å². The van der Waals surface area contributed by atoms with Crippen LogP contribution >= 0.6 is 11.3 Å². The Morgan fingerprint density at radius 2 is 2.27 bits per heavy atom. The fourth-order valence-corrected chi connectivity index (χ4v) is 4.61. The minimum Gasteiger partial charge on any atom is -0.478 e. The van der Waals surface area contributed by atoms with E-state index in [1.165, 1.54) is 34.2 Å². The molecule has 1 fully saturated rings. The summed E-state index contributed by atoms with van der Waals surface area (Å²) in [5.74, 6) is -1.06. The fraction of sp³-hybridized carbons (Fsp3) is 0.500. The quantitative estimate of drug-likeness (QED) is 0.706. The number of nitrogens with one attached hydrogen (secondary N) is 1. The molecule has 0 bridgehead atoms. The number of hydrogen-bond acceptors (Lipinski definition) is 6.